The molecule has 1 aliphatic heterocycles. The number of aryl methyl sites for hydroxylation is 1. The summed E-state index contributed by atoms with van der Waals surface area (Å²) in [5.41, 5.74) is 2.38. The van der Waals surface area contributed by atoms with Crippen molar-refractivity contribution in [1.82, 2.24) is 10.1 Å². The molecule has 144 valence electrons. The van der Waals surface area contributed by atoms with Crippen molar-refractivity contribution in [2.45, 2.75) is 6.92 Å². The van der Waals surface area contributed by atoms with Crippen LogP contribution in [0.4, 0.5) is 10.1 Å². The average Bonchev–Trinajstić information content (AvgIpc) is 3.20. The van der Waals surface area contributed by atoms with Crippen LogP contribution in [0.3, 0.4) is 0 Å². The Labute approximate surface area is 167 Å². The monoisotopic (exact) mass is 399 g/mol. The maximum absolute atomic E-state index is 13.8. The van der Waals surface area contributed by atoms with E-state index in [1.54, 1.807) is 30.0 Å². The minimum Gasteiger partial charge on any atom is -0.368 e. The Morgan fingerprint density at radius 2 is 1.89 bits per heavy atom. The molecule has 0 atom stereocenters. The molecule has 0 unspecified atom stereocenters. The van der Waals surface area contributed by atoms with Crippen LogP contribution >= 0.6 is 11.6 Å². The van der Waals surface area contributed by atoms with E-state index < -0.39 is 0 Å². The molecule has 1 aromatic heterocycles. The van der Waals surface area contributed by atoms with Gasteiger partial charge in [0.05, 0.1) is 0 Å². The van der Waals surface area contributed by atoms with Crippen molar-refractivity contribution in [3.63, 3.8) is 0 Å². The van der Waals surface area contributed by atoms with Crippen molar-refractivity contribution >= 4 is 23.2 Å². The molecule has 3 aromatic rings. The van der Waals surface area contributed by atoms with Crippen molar-refractivity contribution < 1.29 is 13.7 Å². The van der Waals surface area contributed by atoms with Gasteiger partial charge >= 0.3 is 0 Å². The molecular weight excluding hydrogens is 381 g/mol. The van der Waals surface area contributed by atoms with Crippen LogP contribution in [-0.4, -0.2) is 42.1 Å². The van der Waals surface area contributed by atoms with Gasteiger partial charge in [-0.25, -0.2) is 4.39 Å². The van der Waals surface area contributed by atoms with Crippen LogP contribution in [0, 0.1) is 12.7 Å². The number of rotatable bonds is 3. The summed E-state index contributed by atoms with van der Waals surface area (Å²) < 4.78 is 19.0. The van der Waals surface area contributed by atoms with Gasteiger partial charge in [-0.3, -0.25) is 4.79 Å². The molecule has 1 amide bonds. The third kappa shape index (κ3) is 3.73. The Balaban J connectivity index is 1.43. The zero-order valence-corrected chi connectivity index (χ0v) is 16.1. The zero-order valence-electron chi connectivity index (χ0n) is 15.4. The molecule has 1 saturated heterocycles. The van der Waals surface area contributed by atoms with Gasteiger partial charge < -0.3 is 14.3 Å². The van der Waals surface area contributed by atoms with Crippen molar-refractivity contribution in [3.8, 4) is 11.3 Å². The Morgan fingerprint density at radius 3 is 2.61 bits per heavy atom. The second-order valence-electron chi connectivity index (χ2n) is 6.80. The van der Waals surface area contributed by atoms with Crippen LogP contribution in [0.25, 0.3) is 11.3 Å². The Morgan fingerprint density at radius 1 is 1.11 bits per heavy atom. The molecule has 28 heavy (non-hydrogen) atoms. The number of nitrogens with zero attached hydrogens (tertiary/aromatic N) is 3. The molecular formula is C21H19ClFN3O2. The molecule has 2 heterocycles. The highest BCUT2D eigenvalue weighted by Gasteiger charge is 2.25. The summed E-state index contributed by atoms with van der Waals surface area (Å²) in [5, 5.41) is 4.58. The van der Waals surface area contributed by atoms with E-state index in [4.69, 9.17) is 16.1 Å². The highest BCUT2D eigenvalue weighted by Crippen LogP contribution is 2.24. The summed E-state index contributed by atoms with van der Waals surface area (Å²) in [4.78, 5) is 16.7. The van der Waals surface area contributed by atoms with Crippen LogP contribution in [-0.2, 0) is 0 Å². The van der Waals surface area contributed by atoms with Gasteiger partial charge in [-0.05, 0) is 36.8 Å². The second kappa shape index (κ2) is 7.64. The third-order valence-electron chi connectivity index (χ3n) is 4.93. The number of piperazine rings is 1. The number of halogens is 2. The van der Waals surface area contributed by atoms with E-state index in [0.29, 0.717) is 48.1 Å². The fourth-order valence-corrected chi connectivity index (χ4v) is 3.45. The van der Waals surface area contributed by atoms with Gasteiger partial charge in [0.25, 0.3) is 5.91 Å². The summed E-state index contributed by atoms with van der Waals surface area (Å²) >= 11 is 6.06. The van der Waals surface area contributed by atoms with E-state index in [-0.39, 0.29) is 17.4 Å². The molecule has 1 aliphatic rings. The minimum atomic E-state index is -0.320. The zero-order chi connectivity index (χ0) is 19.7. The lowest BCUT2D eigenvalue weighted by atomic mass is 10.1. The lowest BCUT2D eigenvalue weighted by molar-refractivity contribution is 0.0736. The standard InChI is InChI=1S/C21H19ClFN3O2/c1-14-5-6-15(11-18(14)23)20-13-19(24-28-20)21(27)26-9-7-25(8-10-26)17-4-2-3-16(22)12-17/h2-6,11-13H,7-10H2,1H3. The quantitative estimate of drug-likeness (QED) is 0.654. The van der Waals surface area contributed by atoms with E-state index in [9.17, 15) is 9.18 Å². The second-order valence-corrected chi connectivity index (χ2v) is 7.24. The SMILES string of the molecule is Cc1ccc(-c2cc(C(=O)N3CCN(c4cccc(Cl)c4)CC3)no2)cc1F. The van der Waals surface area contributed by atoms with E-state index in [1.807, 2.05) is 24.3 Å². The van der Waals surface area contributed by atoms with E-state index in [1.165, 1.54) is 6.07 Å². The number of anilines is 1. The summed E-state index contributed by atoms with van der Waals surface area (Å²) in [6.07, 6.45) is 0. The molecule has 1 fully saturated rings. The molecule has 0 saturated carbocycles. The first kappa shape index (κ1) is 18.5. The number of amides is 1. The van der Waals surface area contributed by atoms with Gasteiger partial charge in [0.1, 0.15) is 5.82 Å². The fourth-order valence-electron chi connectivity index (χ4n) is 3.26. The van der Waals surface area contributed by atoms with Gasteiger partial charge in [0.15, 0.2) is 11.5 Å². The normalized spacial score (nSPS) is 14.4. The first-order chi connectivity index (χ1) is 13.5. The molecule has 2 aromatic carbocycles. The lowest BCUT2D eigenvalue weighted by Gasteiger charge is -2.35. The largest absolute Gasteiger partial charge is 0.368 e. The van der Waals surface area contributed by atoms with E-state index >= 15 is 0 Å². The van der Waals surface area contributed by atoms with Crippen LogP contribution in [0.1, 0.15) is 16.1 Å². The van der Waals surface area contributed by atoms with Crippen LogP contribution in [0.5, 0.6) is 0 Å². The highest BCUT2D eigenvalue weighted by atomic mass is 35.5. The Kier molecular flexibility index (Phi) is 5.05. The van der Waals surface area contributed by atoms with Gasteiger partial charge in [0.2, 0.25) is 0 Å². The van der Waals surface area contributed by atoms with Gasteiger partial charge in [-0.1, -0.05) is 35.0 Å². The number of hydrogen-bond donors (Lipinski definition) is 0. The lowest BCUT2D eigenvalue weighted by Crippen LogP contribution is -2.48. The molecule has 5 nitrogen and oxygen atoms in total. The van der Waals surface area contributed by atoms with Crippen LogP contribution in [0.2, 0.25) is 5.02 Å². The first-order valence-corrected chi connectivity index (χ1v) is 9.42. The fraction of sp³-hybridized carbons (Fsp3) is 0.238. The summed E-state index contributed by atoms with van der Waals surface area (Å²) in [6.45, 7) is 4.26. The van der Waals surface area contributed by atoms with Crippen LogP contribution < -0.4 is 4.90 Å². The number of hydrogen-bond acceptors (Lipinski definition) is 4. The predicted octanol–water partition coefficient (Wildman–Crippen LogP) is 4.40. The molecule has 7 heteroatoms. The molecule has 4 rings (SSSR count). The number of carbonyl (C=O) groups is 1. The Bertz CT molecular complexity index is 1010. The molecule has 0 N–H and O–H groups in total. The topological polar surface area (TPSA) is 49.6 Å². The highest BCUT2D eigenvalue weighted by molar-refractivity contribution is 6.30. The smallest absolute Gasteiger partial charge is 0.276 e. The molecule has 0 bridgehead atoms. The third-order valence-corrected chi connectivity index (χ3v) is 5.16. The summed E-state index contributed by atoms with van der Waals surface area (Å²) in [7, 11) is 0. The minimum absolute atomic E-state index is 0.187. The van der Waals surface area contributed by atoms with Crippen molar-refractivity contribution in [1.29, 1.82) is 0 Å². The Hall–Kier alpha value is -2.86. The summed E-state index contributed by atoms with van der Waals surface area (Å²) in [6, 6.07) is 14.1. The van der Waals surface area contributed by atoms with Gasteiger partial charge in [-0.2, -0.15) is 0 Å². The molecule has 0 spiro atoms. The van der Waals surface area contributed by atoms with Crippen molar-refractivity contribution in [2.75, 3.05) is 31.1 Å². The van der Waals surface area contributed by atoms with E-state index in [2.05, 4.69) is 10.1 Å². The molecule has 0 aliphatic carbocycles. The summed E-state index contributed by atoms with van der Waals surface area (Å²) in [5.74, 6) is -0.132. The van der Waals surface area contributed by atoms with Gasteiger partial charge in [0, 0.05) is 48.5 Å². The maximum Gasteiger partial charge on any atom is 0.276 e. The number of benzene rings is 2. The average molecular weight is 400 g/mol. The molecule has 0 radical (unpaired) electrons. The first-order valence-electron chi connectivity index (χ1n) is 9.04. The van der Waals surface area contributed by atoms with Crippen molar-refractivity contribution in [2.24, 2.45) is 0 Å². The number of carbonyl (C=O) groups excluding carboxylic acids is 1. The van der Waals surface area contributed by atoms with Gasteiger partial charge in [-0.15, -0.1) is 0 Å². The maximum atomic E-state index is 13.8. The van der Waals surface area contributed by atoms with Crippen molar-refractivity contribution in [3.05, 3.63) is 70.6 Å². The van der Waals surface area contributed by atoms with E-state index in [0.717, 1.165) is 5.69 Å². The predicted molar refractivity (Wildman–Crippen MR) is 106 cm³/mol. The van der Waals surface area contributed by atoms with Crippen LogP contribution in [0.15, 0.2) is 53.1 Å². The number of aromatic nitrogens is 1.